The van der Waals surface area contributed by atoms with Gasteiger partial charge in [-0.1, -0.05) is 24.3 Å². The Bertz CT molecular complexity index is 768. The van der Waals surface area contributed by atoms with Crippen LogP contribution in [0, 0.1) is 0 Å². The minimum absolute atomic E-state index is 0.0903. The highest BCUT2D eigenvalue weighted by Crippen LogP contribution is 2.34. The topological polar surface area (TPSA) is 74.2 Å². The minimum Gasteiger partial charge on any atom is -0.395 e. The van der Waals surface area contributed by atoms with E-state index in [1.165, 1.54) is 0 Å². The van der Waals surface area contributed by atoms with Crippen molar-refractivity contribution in [3.05, 3.63) is 48.5 Å². The number of benzene rings is 2. The molecule has 5 nitrogen and oxygen atoms in total. The lowest BCUT2D eigenvalue weighted by Crippen LogP contribution is -2.31. The van der Waals surface area contributed by atoms with E-state index in [-0.39, 0.29) is 19.2 Å². The zero-order valence-corrected chi connectivity index (χ0v) is 12.6. The predicted molar refractivity (Wildman–Crippen MR) is 89.2 cm³/mol. The molecule has 0 saturated carbocycles. The molecule has 0 unspecified atom stereocenters. The molecular weight excluding hydrogens is 298 g/mol. The molecule has 1 aromatic heterocycles. The zero-order chi connectivity index (χ0) is 15.4. The number of nitrogens with zero attached hydrogens (tertiary/aromatic N) is 1. The van der Waals surface area contributed by atoms with Gasteiger partial charge in [-0.25, -0.2) is 9.78 Å². The fourth-order valence-corrected chi connectivity index (χ4v) is 3.11. The second-order valence-electron chi connectivity index (χ2n) is 4.64. The van der Waals surface area contributed by atoms with E-state index in [9.17, 15) is 4.79 Å². The van der Waals surface area contributed by atoms with E-state index in [4.69, 9.17) is 5.11 Å². The van der Waals surface area contributed by atoms with Crippen molar-refractivity contribution in [2.75, 3.05) is 18.5 Å². The molecule has 0 aliphatic heterocycles. The Morgan fingerprint density at radius 2 is 1.91 bits per heavy atom. The Morgan fingerprint density at radius 3 is 2.73 bits per heavy atom. The summed E-state index contributed by atoms with van der Waals surface area (Å²) in [6.45, 7) is 0.127. The van der Waals surface area contributed by atoms with Crippen molar-refractivity contribution < 1.29 is 9.90 Å². The summed E-state index contributed by atoms with van der Waals surface area (Å²) in [7, 11) is 0. The molecule has 3 aromatic rings. The van der Waals surface area contributed by atoms with Crippen molar-refractivity contribution in [1.82, 2.24) is 10.3 Å². The normalized spacial score (nSPS) is 10.6. The minimum atomic E-state index is -0.345. The van der Waals surface area contributed by atoms with Crippen LogP contribution in [0.5, 0.6) is 0 Å². The van der Waals surface area contributed by atoms with Crippen molar-refractivity contribution in [3.63, 3.8) is 0 Å². The number of carbonyl (C=O) groups excluding carboxylic acids is 1. The molecule has 0 radical (unpaired) electrons. The van der Waals surface area contributed by atoms with Gasteiger partial charge in [0.25, 0.3) is 0 Å². The highest BCUT2D eigenvalue weighted by atomic mass is 32.1. The first kappa shape index (κ1) is 14.5. The lowest BCUT2D eigenvalue weighted by Gasteiger charge is -2.09. The molecular formula is C16H15N3O2S. The van der Waals surface area contributed by atoms with E-state index in [0.29, 0.717) is 5.69 Å². The van der Waals surface area contributed by atoms with E-state index in [2.05, 4.69) is 15.6 Å². The number of thiazole rings is 1. The number of fused-ring (bicyclic) bond motifs is 1. The highest BCUT2D eigenvalue weighted by Gasteiger charge is 2.11. The number of hydrogen-bond donors (Lipinski definition) is 3. The molecule has 3 N–H and O–H groups in total. The largest absolute Gasteiger partial charge is 0.395 e. The zero-order valence-electron chi connectivity index (χ0n) is 11.7. The Morgan fingerprint density at radius 1 is 1.14 bits per heavy atom. The van der Waals surface area contributed by atoms with Crippen LogP contribution < -0.4 is 10.6 Å². The van der Waals surface area contributed by atoms with Crippen LogP contribution in [0.1, 0.15) is 0 Å². The van der Waals surface area contributed by atoms with Crippen LogP contribution in [-0.4, -0.2) is 29.3 Å². The van der Waals surface area contributed by atoms with Gasteiger partial charge in [-0.3, -0.25) is 0 Å². The first-order valence-electron chi connectivity index (χ1n) is 6.88. The second-order valence-corrected chi connectivity index (χ2v) is 5.67. The highest BCUT2D eigenvalue weighted by molar-refractivity contribution is 7.21. The van der Waals surface area contributed by atoms with Crippen molar-refractivity contribution in [1.29, 1.82) is 0 Å². The SMILES string of the molecule is O=C(NCCO)Nc1ccccc1-c1nc2ccccc2s1. The summed E-state index contributed by atoms with van der Waals surface area (Å²) in [4.78, 5) is 16.4. The lowest BCUT2D eigenvalue weighted by atomic mass is 10.2. The van der Waals surface area contributed by atoms with Crippen LogP contribution in [0.2, 0.25) is 0 Å². The lowest BCUT2D eigenvalue weighted by molar-refractivity contribution is 0.245. The van der Waals surface area contributed by atoms with Crippen LogP contribution in [0.4, 0.5) is 10.5 Å². The second kappa shape index (κ2) is 6.55. The first-order chi connectivity index (χ1) is 10.8. The summed E-state index contributed by atoms with van der Waals surface area (Å²) in [6.07, 6.45) is 0. The number of hydrogen-bond acceptors (Lipinski definition) is 4. The Balaban J connectivity index is 1.92. The number of anilines is 1. The number of aromatic nitrogens is 1. The summed E-state index contributed by atoms with van der Waals surface area (Å²) in [6, 6.07) is 15.1. The van der Waals surface area contributed by atoms with E-state index >= 15 is 0 Å². The third kappa shape index (κ3) is 3.08. The van der Waals surface area contributed by atoms with Crippen molar-refractivity contribution in [3.8, 4) is 10.6 Å². The molecule has 22 heavy (non-hydrogen) atoms. The maximum absolute atomic E-state index is 11.8. The average Bonchev–Trinajstić information content (AvgIpc) is 2.97. The fourth-order valence-electron chi connectivity index (χ4n) is 2.10. The van der Waals surface area contributed by atoms with E-state index in [0.717, 1.165) is 20.8 Å². The molecule has 0 atom stereocenters. The maximum Gasteiger partial charge on any atom is 0.319 e. The molecule has 2 amide bonds. The van der Waals surface area contributed by atoms with Gasteiger partial charge < -0.3 is 15.7 Å². The summed E-state index contributed by atoms with van der Waals surface area (Å²) in [5.41, 5.74) is 2.52. The van der Waals surface area contributed by atoms with Gasteiger partial charge in [0.1, 0.15) is 5.01 Å². The molecule has 0 saturated heterocycles. The Kier molecular flexibility index (Phi) is 4.32. The number of urea groups is 1. The third-order valence-electron chi connectivity index (χ3n) is 3.10. The smallest absolute Gasteiger partial charge is 0.319 e. The molecule has 0 aliphatic rings. The molecule has 1 heterocycles. The van der Waals surface area contributed by atoms with Gasteiger partial charge in [-0.05, 0) is 24.3 Å². The molecule has 3 rings (SSSR count). The quantitative estimate of drug-likeness (QED) is 0.693. The molecule has 0 aliphatic carbocycles. The Hall–Kier alpha value is -2.44. The number of rotatable bonds is 4. The molecule has 6 heteroatoms. The monoisotopic (exact) mass is 313 g/mol. The summed E-state index contributed by atoms with van der Waals surface area (Å²) in [5, 5.41) is 15.0. The van der Waals surface area contributed by atoms with E-state index < -0.39 is 0 Å². The van der Waals surface area contributed by atoms with Crippen LogP contribution in [0.3, 0.4) is 0 Å². The molecule has 0 fully saturated rings. The van der Waals surface area contributed by atoms with Gasteiger partial charge in [0.2, 0.25) is 0 Å². The van der Waals surface area contributed by atoms with Gasteiger partial charge in [-0.15, -0.1) is 11.3 Å². The number of aliphatic hydroxyl groups is 1. The predicted octanol–water partition coefficient (Wildman–Crippen LogP) is 3.08. The van der Waals surface area contributed by atoms with Crippen LogP contribution >= 0.6 is 11.3 Å². The van der Waals surface area contributed by atoms with E-state index in [1.807, 2.05) is 48.5 Å². The van der Waals surface area contributed by atoms with Gasteiger partial charge in [0.15, 0.2) is 0 Å². The Labute approximate surface area is 131 Å². The fraction of sp³-hybridized carbons (Fsp3) is 0.125. The van der Waals surface area contributed by atoms with Gasteiger partial charge in [0, 0.05) is 12.1 Å². The number of para-hydroxylation sites is 2. The van der Waals surface area contributed by atoms with Gasteiger partial charge >= 0.3 is 6.03 Å². The first-order valence-corrected chi connectivity index (χ1v) is 7.70. The van der Waals surface area contributed by atoms with Gasteiger partial charge in [-0.2, -0.15) is 0 Å². The number of nitrogens with one attached hydrogen (secondary N) is 2. The van der Waals surface area contributed by atoms with Crippen LogP contribution in [-0.2, 0) is 0 Å². The van der Waals surface area contributed by atoms with E-state index in [1.54, 1.807) is 11.3 Å². The standard InChI is InChI=1S/C16H15N3O2S/c20-10-9-17-16(21)19-12-6-2-1-5-11(12)15-18-13-7-3-4-8-14(13)22-15/h1-8,20H,9-10H2,(H2,17,19,21). The number of carbonyl (C=O) groups is 1. The summed E-state index contributed by atoms with van der Waals surface area (Å²) in [5.74, 6) is 0. The van der Waals surface area contributed by atoms with Crippen LogP contribution in [0.15, 0.2) is 48.5 Å². The number of aliphatic hydroxyl groups excluding tert-OH is 1. The molecule has 2 aromatic carbocycles. The average molecular weight is 313 g/mol. The maximum atomic E-state index is 11.8. The summed E-state index contributed by atoms with van der Waals surface area (Å²) >= 11 is 1.59. The third-order valence-corrected chi connectivity index (χ3v) is 4.17. The van der Waals surface area contributed by atoms with Crippen molar-refractivity contribution in [2.45, 2.75) is 0 Å². The van der Waals surface area contributed by atoms with Crippen LogP contribution in [0.25, 0.3) is 20.8 Å². The van der Waals surface area contributed by atoms with Gasteiger partial charge in [0.05, 0.1) is 22.5 Å². The van der Waals surface area contributed by atoms with Crippen molar-refractivity contribution in [2.24, 2.45) is 0 Å². The molecule has 0 bridgehead atoms. The number of amides is 2. The molecule has 0 spiro atoms. The molecule has 112 valence electrons. The van der Waals surface area contributed by atoms with Crippen molar-refractivity contribution >= 4 is 33.3 Å². The summed E-state index contributed by atoms with van der Waals surface area (Å²) < 4.78 is 1.11.